The summed E-state index contributed by atoms with van der Waals surface area (Å²) in [6, 6.07) is 4.92. The summed E-state index contributed by atoms with van der Waals surface area (Å²) in [5, 5.41) is 9.33. The monoisotopic (exact) mass is 266 g/mol. The van der Waals surface area contributed by atoms with E-state index in [4.69, 9.17) is 22.1 Å². The summed E-state index contributed by atoms with van der Waals surface area (Å²) in [6.45, 7) is 0. The summed E-state index contributed by atoms with van der Waals surface area (Å²) in [4.78, 5) is 11.9. The largest absolute Gasteiger partial charge is 0.495 e. The molecule has 1 aromatic heterocycles. The van der Waals surface area contributed by atoms with Gasteiger partial charge >= 0.3 is 0 Å². The number of hydrogen-bond acceptors (Lipinski definition) is 4. The maximum atomic E-state index is 11.9. The Morgan fingerprint density at radius 3 is 2.94 bits per heavy atom. The highest BCUT2D eigenvalue weighted by Gasteiger charge is 2.14. The van der Waals surface area contributed by atoms with Gasteiger partial charge in [0.2, 0.25) is 0 Å². The van der Waals surface area contributed by atoms with E-state index in [0.29, 0.717) is 16.5 Å². The van der Waals surface area contributed by atoms with Crippen LogP contribution in [-0.4, -0.2) is 23.2 Å². The van der Waals surface area contributed by atoms with Crippen molar-refractivity contribution in [1.82, 2.24) is 10.2 Å². The Kier molecular flexibility index (Phi) is 3.38. The van der Waals surface area contributed by atoms with E-state index in [1.165, 1.54) is 13.3 Å². The molecule has 2 aromatic rings. The minimum absolute atomic E-state index is 0.192. The molecule has 0 unspecified atom stereocenters. The molecule has 0 saturated carbocycles. The Morgan fingerprint density at radius 2 is 2.33 bits per heavy atom. The molecule has 0 spiro atoms. The quantitative estimate of drug-likeness (QED) is 0.791. The van der Waals surface area contributed by atoms with Crippen LogP contribution in [0.4, 0.5) is 11.4 Å². The number of ether oxygens (including phenoxy) is 1. The number of H-pyrrole nitrogens is 1. The van der Waals surface area contributed by atoms with Gasteiger partial charge in [0.05, 0.1) is 24.7 Å². The maximum absolute atomic E-state index is 11.9. The van der Waals surface area contributed by atoms with Crippen molar-refractivity contribution < 1.29 is 9.53 Å². The van der Waals surface area contributed by atoms with Crippen molar-refractivity contribution in [3.05, 3.63) is 35.1 Å². The second-order valence-electron chi connectivity index (χ2n) is 3.50. The van der Waals surface area contributed by atoms with Gasteiger partial charge < -0.3 is 15.8 Å². The second kappa shape index (κ2) is 4.97. The molecule has 18 heavy (non-hydrogen) atoms. The van der Waals surface area contributed by atoms with E-state index < -0.39 is 5.91 Å². The molecule has 0 atom stereocenters. The first-order valence-corrected chi connectivity index (χ1v) is 5.43. The fourth-order valence-corrected chi connectivity index (χ4v) is 1.61. The van der Waals surface area contributed by atoms with Crippen LogP contribution in [0.5, 0.6) is 5.75 Å². The number of benzene rings is 1. The highest BCUT2D eigenvalue weighted by Crippen LogP contribution is 2.28. The lowest BCUT2D eigenvalue weighted by Crippen LogP contribution is -2.14. The summed E-state index contributed by atoms with van der Waals surface area (Å²) in [6.07, 6.45) is 1.37. The average Bonchev–Trinajstić information content (AvgIpc) is 2.76. The first-order valence-electron chi connectivity index (χ1n) is 5.05. The van der Waals surface area contributed by atoms with Crippen LogP contribution in [0.1, 0.15) is 10.5 Å². The first kappa shape index (κ1) is 12.3. The Bertz CT molecular complexity index is 582. The number of rotatable bonds is 3. The minimum Gasteiger partial charge on any atom is -0.495 e. The van der Waals surface area contributed by atoms with E-state index in [1.807, 2.05) is 0 Å². The molecule has 0 aliphatic rings. The number of hydrogen-bond donors (Lipinski definition) is 3. The smallest absolute Gasteiger partial charge is 0.275 e. The van der Waals surface area contributed by atoms with Crippen LogP contribution in [0.15, 0.2) is 24.4 Å². The summed E-state index contributed by atoms with van der Waals surface area (Å²) in [5.74, 6) is 0.0939. The number of aromatic nitrogens is 2. The molecular weight excluding hydrogens is 256 g/mol. The number of carbonyl (C=O) groups is 1. The van der Waals surface area contributed by atoms with Crippen LogP contribution in [0.3, 0.4) is 0 Å². The molecule has 94 valence electrons. The second-order valence-corrected chi connectivity index (χ2v) is 3.94. The lowest BCUT2D eigenvalue weighted by Gasteiger charge is -2.09. The van der Waals surface area contributed by atoms with Crippen molar-refractivity contribution >= 4 is 28.9 Å². The number of nitrogens with two attached hydrogens (primary N) is 1. The SMILES string of the molecule is COc1ccc(Cl)cc1NC(=O)c1[nH]ncc1N. The number of anilines is 2. The number of carbonyl (C=O) groups excluding carboxylic acids is 1. The topological polar surface area (TPSA) is 93.0 Å². The van der Waals surface area contributed by atoms with Crippen molar-refractivity contribution in [3.8, 4) is 5.75 Å². The summed E-state index contributed by atoms with van der Waals surface area (Å²) < 4.78 is 5.12. The molecule has 1 amide bonds. The molecule has 0 radical (unpaired) electrons. The molecule has 1 aromatic carbocycles. The van der Waals surface area contributed by atoms with Crippen LogP contribution >= 0.6 is 11.6 Å². The van der Waals surface area contributed by atoms with Crippen molar-refractivity contribution in [2.45, 2.75) is 0 Å². The molecule has 0 bridgehead atoms. The zero-order valence-corrected chi connectivity index (χ0v) is 10.3. The Morgan fingerprint density at radius 1 is 1.56 bits per heavy atom. The fraction of sp³-hybridized carbons (Fsp3) is 0.0909. The molecule has 1 heterocycles. The maximum Gasteiger partial charge on any atom is 0.275 e. The highest BCUT2D eigenvalue weighted by atomic mass is 35.5. The molecule has 2 rings (SSSR count). The third-order valence-corrected chi connectivity index (χ3v) is 2.54. The average molecular weight is 267 g/mol. The van der Waals surface area contributed by atoms with Gasteiger partial charge in [0.1, 0.15) is 11.4 Å². The normalized spacial score (nSPS) is 10.1. The third kappa shape index (κ3) is 2.38. The molecule has 6 nitrogen and oxygen atoms in total. The van der Waals surface area contributed by atoms with Crippen LogP contribution in [0, 0.1) is 0 Å². The van der Waals surface area contributed by atoms with Crippen LogP contribution in [-0.2, 0) is 0 Å². The molecule has 0 aliphatic carbocycles. The van der Waals surface area contributed by atoms with E-state index in [-0.39, 0.29) is 11.4 Å². The molecule has 0 fully saturated rings. The molecule has 4 N–H and O–H groups in total. The lowest BCUT2D eigenvalue weighted by atomic mass is 10.2. The third-order valence-electron chi connectivity index (χ3n) is 2.31. The van der Waals surface area contributed by atoms with Crippen molar-refractivity contribution in [1.29, 1.82) is 0 Å². The van der Waals surface area contributed by atoms with E-state index in [2.05, 4.69) is 15.5 Å². The lowest BCUT2D eigenvalue weighted by molar-refractivity contribution is 0.102. The predicted octanol–water partition coefficient (Wildman–Crippen LogP) is 1.91. The standard InChI is InChI=1S/C11H11ClN4O2/c1-18-9-3-2-6(12)4-8(9)15-11(17)10-7(13)5-14-16-10/h2-5H,13H2,1H3,(H,14,16)(H,15,17). The minimum atomic E-state index is -0.412. The number of methoxy groups -OCH3 is 1. The van der Waals surface area contributed by atoms with Gasteiger partial charge in [0.25, 0.3) is 5.91 Å². The summed E-state index contributed by atoms with van der Waals surface area (Å²) in [7, 11) is 1.50. The van der Waals surface area contributed by atoms with Gasteiger partial charge in [0.15, 0.2) is 0 Å². The van der Waals surface area contributed by atoms with Crippen LogP contribution in [0.2, 0.25) is 5.02 Å². The zero-order valence-electron chi connectivity index (χ0n) is 9.53. The number of aromatic amines is 1. The molecule has 7 heteroatoms. The number of nitrogens with zero attached hydrogens (tertiary/aromatic N) is 1. The van der Waals surface area contributed by atoms with Gasteiger partial charge in [-0.2, -0.15) is 5.10 Å². The summed E-state index contributed by atoms with van der Waals surface area (Å²) in [5.41, 5.74) is 6.51. The summed E-state index contributed by atoms with van der Waals surface area (Å²) >= 11 is 5.86. The van der Waals surface area contributed by atoms with E-state index in [9.17, 15) is 4.79 Å². The molecule has 0 aliphatic heterocycles. The Balaban J connectivity index is 2.27. The zero-order chi connectivity index (χ0) is 13.1. The van der Waals surface area contributed by atoms with Crippen LogP contribution < -0.4 is 15.8 Å². The number of nitrogen functional groups attached to an aromatic ring is 1. The van der Waals surface area contributed by atoms with Gasteiger partial charge in [-0.15, -0.1) is 0 Å². The van der Waals surface area contributed by atoms with E-state index >= 15 is 0 Å². The number of halogens is 1. The fourth-order valence-electron chi connectivity index (χ4n) is 1.44. The first-order chi connectivity index (χ1) is 8.61. The van der Waals surface area contributed by atoms with Crippen molar-refractivity contribution in [3.63, 3.8) is 0 Å². The van der Waals surface area contributed by atoms with E-state index in [1.54, 1.807) is 18.2 Å². The van der Waals surface area contributed by atoms with Crippen molar-refractivity contribution in [2.75, 3.05) is 18.2 Å². The van der Waals surface area contributed by atoms with E-state index in [0.717, 1.165) is 0 Å². The Hall–Kier alpha value is -2.21. The number of amides is 1. The van der Waals surface area contributed by atoms with Crippen molar-refractivity contribution in [2.24, 2.45) is 0 Å². The number of nitrogens with one attached hydrogen (secondary N) is 2. The van der Waals surface area contributed by atoms with Gasteiger partial charge in [0, 0.05) is 5.02 Å². The van der Waals surface area contributed by atoms with Gasteiger partial charge in [-0.05, 0) is 18.2 Å². The van der Waals surface area contributed by atoms with Gasteiger partial charge in [-0.1, -0.05) is 11.6 Å². The highest BCUT2D eigenvalue weighted by molar-refractivity contribution is 6.31. The van der Waals surface area contributed by atoms with Gasteiger partial charge in [-0.3, -0.25) is 9.89 Å². The Labute approximate surface area is 108 Å². The van der Waals surface area contributed by atoms with Crippen LogP contribution in [0.25, 0.3) is 0 Å². The predicted molar refractivity (Wildman–Crippen MR) is 69.0 cm³/mol. The molecule has 0 saturated heterocycles. The molecular formula is C11H11ClN4O2. The van der Waals surface area contributed by atoms with Gasteiger partial charge in [-0.25, -0.2) is 0 Å².